The summed E-state index contributed by atoms with van der Waals surface area (Å²) in [5.74, 6) is -1.37. The van der Waals surface area contributed by atoms with Gasteiger partial charge >= 0.3 is 19.8 Å². The molecule has 0 aromatic rings. The van der Waals surface area contributed by atoms with Crippen LogP contribution in [0.2, 0.25) is 0 Å². The first-order valence-corrected chi connectivity index (χ1v) is 25.9. The molecule has 0 spiro atoms. The first-order chi connectivity index (χ1) is 29.6. The monoisotopic (exact) mass is 885 g/mol. The Morgan fingerprint density at radius 3 is 1.41 bits per heavy atom. The van der Waals surface area contributed by atoms with Crippen molar-refractivity contribution in [1.82, 2.24) is 10.6 Å². The van der Waals surface area contributed by atoms with E-state index in [1.807, 2.05) is 6.92 Å². The van der Waals surface area contributed by atoms with Gasteiger partial charge in [0.05, 0.1) is 13.2 Å². The van der Waals surface area contributed by atoms with Crippen LogP contribution in [0.3, 0.4) is 0 Å². The highest BCUT2D eigenvalue weighted by Crippen LogP contribution is 2.43. The average Bonchev–Trinajstić information content (AvgIpc) is 3.23. The molecule has 12 nitrogen and oxygen atoms in total. The van der Waals surface area contributed by atoms with Gasteiger partial charge in [0.1, 0.15) is 6.61 Å². The molecule has 13 heteroatoms. The van der Waals surface area contributed by atoms with Crippen LogP contribution < -0.4 is 10.6 Å². The quantitative estimate of drug-likeness (QED) is 0.0232. The molecule has 61 heavy (non-hydrogen) atoms. The molecule has 0 rings (SSSR count). The van der Waals surface area contributed by atoms with Crippen molar-refractivity contribution in [2.75, 3.05) is 32.9 Å². The summed E-state index contributed by atoms with van der Waals surface area (Å²) in [4.78, 5) is 59.1. The molecule has 0 aromatic heterocycles. The molecule has 0 heterocycles. The standard InChI is InChI=1S/C48H89N2O10P/c1-4-7-9-11-13-15-17-19-21-23-25-27-29-31-33-38-47(53)57-42-44(43-59-61(55,56)58-41-40-50-46(52)37-35-36-45(51)49-6-3)60-48(54)39-34-32-30-28-26-24-22-20-18-16-14-12-10-8-5-2/h19-22,44H,4-18,23-43H2,1-3H3,(H,49,51)(H,50,52)(H,55,56)/b21-19-,22-20-. The summed E-state index contributed by atoms with van der Waals surface area (Å²) in [6, 6.07) is 0. The molecule has 0 bridgehead atoms. The van der Waals surface area contributed by atoms with Crippen LogP contribution >= 0.6 is 7.82 Å². The van der Waals surface area contributed by atoms with Crippen molar-refractivity contribution < 1.29 is 47.2 Å². The number of esters is 2. The van der Waals surface area contributed by atoms with Crippen molar-refractivity contribution >= 4 is 31.6 Å². The van der Waals surface area contributed by atoms with Gasteiger partial charge in [0.15, 0.2) is 6.10 Å². The predicted molar refractivity (Wildman–Crippen MR) is 247 cm³/mol. The summed E-state index contributed by atoms with van der Waals surface area (Å²) in [5, 5.41) is 5.24. The van der Waals surface area contributed by atoms with E-state index in [-0.39, 0.29) is 57.3 Å². The van der Waals surface area contributed by atoms with E-state index >= 15 is 0 Å². The van der Waals surface area contributed by atoms with Crippen LogP contribution in [0, 0.1) is 0 Å². The summed E-state index contributed by atoms with van der Waals surface area (Å²) >= 11 is 0. The second-order valence-corrected chi connectivity index (χ2v) is 17.7. The molecule has 0 saturated heterocycles. The van der Waals surface area contributed by atoms with Crippen molar-refractivity contribution in [3.05, 3.63) is 24.3 Å². The lowest BCUT2D eigenvalue weighted by molar-refractivity contribution is -0.161. The fourth-order valence-electron chi connectivity index (χ4n) is 6.65. The van der Waals surface area contributed by atoms with Crippen molar-refractivity contribution in [2.24, 2.45) is 0 Å². The van der Waals surface area contributed by atoms with Crippen molar-refractivity contribution in [1.29, 1.82) is 0 Å². The number of carbonyl (C=O) groups excluding carboxylic acids is 4. The highest BCUT2D eigenvalue weighted by Gasteiger charge is 2.26. The second-order valence-electron chi connectivity index (χ2n) is 16.2. The minimum Gasteiger partial charge on any atom is -0.462 e. The molecule has 2 unspecified atom stereocenters. The predicted octanol–water partition coefficient (Wildman–Crippen LogP) is 12.1. The fraction of sp³-hybridized carbons (Fsp3) is 0.833. The third-order valence-corrected chi connectivity index (χ3v) is 11.3. The Hall–Kier alpha value is -2.53. The number of hydrogen-bond donors (Lipinski definition) is 3. The normalized spacial score (nSPS) is 13.0. The number of carbonyl (C=O) groups is 4. The molecule has 2 atom stereocenters. The second kappa shape index (κ2) is 44.1. The Morgan fingerprint density at radius 1 is 0.508 bits per heavy atom. The average molecular weight is 885 g/mol. The Bertz CT molecular complexity index is 1180. The van der Waals surface area contributed by atoms with Crippen molar-refractivity contribution in [3.8, 4) is 0 Å². The largest absolute Gasteiger partial charge is 0.472 e. The lowest BCUT2D eigenvalue weighted by atomic mass is 10.1. The van der Waals surface area contributed by atoms with Gasteiger partial charge < -0.3 is 25.0 Å². The van der Waals surface area contributed by atoms with Gasteiger partial charge in [-0.25, -0.2) is 4.57 Å². The first kappa shape index (κ1) is 58.5. The number of nitrogens with one attached hydrogen (secondary N) is 2. The smallest absolute Gasteiger partial charge is 0.462 e. The SMILES string of the molecule is CCCCCCCC/C=C\CCCCCCCC(=O)OCC(COP(=O)(O)OCCNC(=O)CCCC(=O)NCC)OC(=O)CCCCCCC/C=C\CCCCCCCC. The maximum absolute atomic E-state index is 12.7. The maximum atomic E-state index is 12.7. The van der Waals surface area contributed by atoms with Gasteiger partial charge in [0, 0.05) is 38.8 Å². The Morgan fingerprint density at radius 2 is 0.934 bits per heavy atom. The number of phosphoric acid groups is 1. The van der Waals surface area contributed by atoms with Crippen LogP contribution in [0.5, 0.6) is 0 Å². The molecule has 0 aromatic carbocycles. The molecule has 0 saturated carbocycles. The van der Waals surface area contributed by atoms with E-state index in [4.69, 9.17) is 18.5 Å². The number of unbranched alkanes of at least 4 members (excludes halogenated alkanes) is 22. The zero-order valence-electron chi connectivity index (χ0n) is 38.9. The Balaban J connectivity index is 4.58. The summed E-state index contributed by atoms with van der Waals surface area (Å²) in [6.07, 6.45) is 39.1. The van der Waals surface area contributed by atoms with E-state index in [0.29, 0.717) is 25.8 Å². The van der Waals surface area contributed by atoms with Crippen LogP contribution in [-0.2, 0) is 42.3 Å². The molecule has 0 aliphatic heterocycles. The number of ether oxygens (including phenoxy) is 2. The molecule has 0 radical (unpaired) electrons. The summed E-state index contributed by atoms with van der Waals surface area (Å²) in [6.45, 7) is 5.65. The van der Waals surface area contributed by atoms with Crippen molar-refractivity contribution in [3.63, 3.8) is 0 Å². The fourth-order valence-corrected chi connectivity index (χ4v) is 7.40. The zero-order chi connectivity index (χ0) is 44.9. The van der Waals surface area contributed by atoms with Gasteiger partial charge in [-0.05, 0) is 77.6 Å². The third-order valence-electron chi connectivity index (χ3n) is 10.3. The lowest BCUT2D eigenvalue weighted by Crippen LogP contribution is -2.30. The molecule has 0 fully saturated rings. The molecular weight excluding hydrogens is 796 g/mol. The van der Waals surface area contributed by atoms with E-state index in [1.165, 1.54) is 77.0 Å². The Labute approximate surface area is 371 Å². The number of hydrogen-bond acceptors (Lipinski definition) is 9. The van der Waals surface area contributed by atoms with E-state index < -0.39 is 32.5 Å². The van der Waals surface area contributed by atoms with E-state index in [1.54, 1.807) is 0 Å². The molecular formula is C48H89N2O10P. The highest BCUT2D eigenvalue weighted by atomic mass is 31.2. The van der Waals surface area contributed by atoms with Crippen LogP contribution in [0.1, 0.15) is 220 Å². The molecule has 0 aliphatic carbocycles. The lowest BCUT2D eigenvalue weighted by Gasteiger charge is -2.20. The summed E-state index contributed by atoms with van der Waals surface area (Å²) in [5.41, 5.74) is 0. The summed E-state index contributed by atoms with van der Waals surface area (Å²) < 4.78 is 33.7. The van der Waals surface area contributed by atoms with Gasteiger partial charge in [-0.3, -0.25) is 28.2 Å². The third kappa shape index (κ3) is 43.9. The van der Waals surface area contributed by atoms with Crippen LogP contribution in [0.4, 0.5) is 0 Å². The minimum absolute atomic E-state index is 0.0454. The van der Waals surface area contributed by atoms with Gasteiger partial charge in [-0.2, -0.15) is 0 Å². The van der Waals surface area contributed by atoms with E-state index in [0.717, 1.165) is 77.0 Å². The van der Waals surface area contributed by atoms with Crippen LogP contribution in [-0.4, -0.2) is 67.7 Å². The molecule has 3 N–H and O–H groups in total. The van der Waals surface area contributed by atoms with Crippen molar-refractivity contribution in [2.45, 2.75) is 226 Å². The number of amides is 2. The number of rotatable bonds is 45. The highest BCUT2D eigenvalue weighted by molar-refractivity contribution is 7.47. The van der Waals surface area contributed by atoms with Crippen LogP contribution in [0.15, 0.2) is 24.3 Å². The van der Waals surface area contributed by atoms with E-state index in [2.05, 4.69) is 48.8 Å². The number of phosphoric ester groups is 1. The van der Waals surface area contributed by atoms with Gasteiger partial charge in [0.25, 0.3) is 0 Å². The van der Waals surface area contributed by atoms with Gasteiger partial charge in [-0.15, -0.1) is 0 Å². The topological polar surface area (TPSA) is 167 Å². The summed E-state index contributed by atoms with van der Waals surface area (Å²) in [7, 11) is -4.58. The maximum Gasteiger partial charge on any atom is 0.472 e. The molecule has 2 amide bonds. The molecule has 356 valence electrons. The van der Waals surface area contributed by atoms with E-state index in [9.17, 15) is 28.6 Å². The van der Waals surface area contributed by atoms with Crippen LogP contribution in [0.25, 0.3) is 0 Å². The Kier molecular flexibility index (Phi) is 42.3. The van der Waals surface area contributed by atoms with Gasteiger partial charge in [0.2, 0.25) is 11.8 Å². The number of allylic oxidation sites excluding steroid dienone is 4. The zero-order valence-corrected chi connectivity index (χ0v) is 39.8. The van der Waals surface area contributed by atoms with Gasteiger partial charge in [-0.1, -0.05) is 141 Å². The minimum atomic E-state index is -4.58. The first-order valence-electron chi connectivity index (χ1n) is 24.4. The molecule has 0 aliphatic rings.